The van der Waals surface area contributed by atoms with Crippen LogP contribution in [0.15, 0.2) is 24.4 Å². The molecule has 0 aliphatic rings. The van der Waals surface area contributed by atoms with E-state index < -0.39 is 0 Å². The van der Waals surface area contributed by atoms with E-state index in [2.05, 4.69) is 15.5 Å². The lowest BCUT2D eigenvalue weighted by molar-refractivity contribution is 1.00. The summed E-state index contributed by atoms with van der Waals surface area (Å²) in [6.45, 7) is 0.617. The molecule has 0 fully saturated rings. The Morgan fingerprint density at radius 3 is 2.94 bits per heavy atom. The molecule has 0 aliphatic carbocycles. The minimum atomic E-state index is 0.298. The van der Waals surface area contributed by atoms with Gasteiger partial charge in [-0.2, -0.15) is 5.10 Å². The summed E-state index contributed by atoms with van der Waals surface area (Å²) < 4.78 is 0.760. The Kier molecular flexibility index (Phi) is 3.88. The van der Waals surface area contributed by atoms with Crippen molar-refractivity contribution >= 4 is 46.0 Å². The van der Waals surface area contributed by atoms with Gasteiger partial charge in [0.15, 0.2) is 5.82 Å². The molecule has 7 heteroatoms. The fraction of sp³-hybridized carbons (Fsp3) is 0.100. The molecule has 4 nitrogen and oxygen atoms in total. The molecular formula is C10H9ClN4S2. The average Bonchev–Trinajstić information content (AvgIpc) is 2.73. The molecule has 0 spiro atoms. The third kappa shape index (κ3) is 3.12. The molecular weight excluding hydrogens is 276 g/mol. The molecule has 0 radical (unpaired) electrons. The quantitative estimate of drug-likeness (QED) is 0.845. The Bertz CT molecular complexity index is 541. The highest BCUT2D eigenvalue weighted by atomic mass is 35.5. The summed E-state index contributed by atoms with van der Waals surface area (Å²) in [4.78, 5) is 1.40. The van der Waals surface area contributed by atoms with E-state index >= 15 is 0 Å². The zero-order valence-electron chi connectivity index (χ0n) is 8.68. The summed E-state index contributed by atoms with van der Waals surface area (Å²) in [7, 11) is 0. The standard InChI is InChI=1S/C10H9ClN4S2/c11-8-2-1-6(17-8)5-13-10-7(9(12)16)3-4-14-15-10/h1-4H,5H2,(H2,12,16)(H,13,15). The molecule has 2 rings (SSSR count). The second-order valence-electron chi connectivity index (χ2n) is 3.22. The van der Waals surface area contributed by atoms with Crippen molar-refractivity contribution in [3.8, 4) is 0 Å². The van der Waals surface area contributed by atoms with Crippen LogP contribution < -0.4 is 11.1 Å². The van der Waals surface area contributed by atoms with E-state index in [-0.39, 0.29) is 0 Å². The normalized spacial score (nSPS) is 10.2. The minimum Gasteiger partial charge on any atom is -0.389 e. The number of hydrogen-bond acceptors (Lipinski definition) is 5. The molecule has 0 aromatic carbocycles. The van der Waals surface area contributed by atoms with Gasteiger partial charge < -0.3 is 11.1 Å². The summed E-state index contributed by atoms with van der Waals surface area (Å²) in [5.41, 5.74) is 6.29. The lowest BCUT2D eigenvalue weighted by Gasteiger charge is -2.07. The minimum absolute atomic E-state index is 0.298. The molecule has 2 aromatic rings. The molecule has 2 aromatic heterocycles. The number of aromatic nitrogens is 2. The predicted molar refractivity (Wildman–Crippen MR) is 74.6 cm³/mol. The fourth-order valence-electron chi connectivity index (χ4n) is 1.28. The van der Waals surface area contributed by atoms with E-state index in [9.17, 15) is 0 Å². The molecule has 88 valence electrons. The zero-order valence-corrected chi connectivity index (χ0v) is 11.1. The third-order valence-electron chi connectivity index (χ3n) is 2.05. The molecule has 0 bridgehead atoms. The van der Waals surface area contributed by atoms with Crippen LogP contribution in [-0.4, -0.2) is 15.2 Å². The van der Waals surface area contributed by atoms with Gasteiger partial charge in [0.25, 0.3) is 0 Å². The summed E-state index contributed by atoms with van der Waals surface area (Å²) in [5, 5.41) is 10.9. The van der Waals surface area contributed by atoms with E-state index in [0.717, 1.165) is 9.21 Å². The first-order valence-electron chi connectivity index (χ1n) is 4.76. The van der Waals surface area contributed by atoms with Gasteiger partial charge in [-0.15, -0.1) is 16.4 Å². The van der Waals surface area contributed by atoms with Gasteiger partial charge in [0, 0.05) is 4.88 Å². The number of thiocarbonyl (C=S) groups is 1. The van der Waals surface area contributed by atoms with Gasteiger partial charge in [-0.25, -0.2) is 0 Å². The first kappa shape index (κ1) is 12.2. The van der Waals surface area contributed by atoms with Crippen molar-refractivity contribution < 1.29 is 0 Å². The lowest BCUT2D eigenvalue weighted by atomic mass is 10.3. The van der Waals surface area contributed by atoms with E-state index in [1.807, 2.05) is 12.1 Å². The predicted octanol–water partition coefficient (Wildman–Crippen LogP) is 2.44. The van der Waals surface area contributed by atoms with Crippen molar-refractivity contribution in [2.75, 3.05) is 5.32 Å². The highest BCUT2D eigenvalue weighted by molar-refractivity contribution is 7.80. The highest BCUT2D eigenvalue weighted by Gasteiger charge is 2.06. The van der Waals surface area contributed by atoms with Crippen LogP contribution in [0.1, 0.15) is 10.4 Å². The topological polar surface area (TPSA) is 63.8 Å². The van der Waals surface area contributed by atoms with Crippen molar-refractivity contribution in [2.24, 2.45) is 5.73 Å². The Labute approximate surface area is 113 Å². The first-order chi connectivity index (χ1) is 8.16. The van der Waals surface area contributed by atoms with Gasteiger partial charge in [-0.1, -0.05) is 23.8 Å². The SMILES string of the molecule is NC(=S)c1ccnnc1NCc1ccc(Cl)s1. The van der Waals surface area contributed by atoms with E-state index in [0.29, 0.717) is 22.9 Å². The van der Waals surface area contributed by atoms with Crippen LogP contribution >= 0.6 is 35.2 Å². The van der Waals surface area contributed by atoms with E-state index in [1.165, 1.54) is 11.3 Å². The Hall–Kier alpha value is -1.24. The summed E-state index contributed by atoms with van der Waals surface area (Å²) in [6.07, 6.45) is 1.56. The van der Waals surface area contributed by atoms with Crippen LogP contribution in [0.3, 0.4) is 0 Å². The van der Waals surface area contributed by atoms with Crippen LogP contribution in [0, 0.1) is 0 Å². The van der Waals surface area contributed by atoms with Gasteiger partial charge >= 0.3 is 0 Å². The number of nitrogens with two attached hydrogens (primary N) is 1. The number of rotatable bonds is 4. The molecule has 3 N–H and O–H groups in total. The number of nitrogens with zero attached hydrogens (tertiary/aromatic N) is 2. The summed E-state index contributed by atoms with van der Waals surface area (Å²) in [5.74, 6) is 0.588. The smallest absolute Gasteiger partial charge is 0.159 e. The number of hydrogen-bond donors (Lipinski definition) is 2. The molecule has 2 heterocycles. The van der Waals surface area contributed by atoms with Crippen molar-refractivity contribution in [3.63, 3.8) is 0 Å². The molecule has 0 saturated heterocycles. The first-order valence-corrected chi connectivity index (χ1v) is 6.36. The van der Waals surface area contributed by atoms with Gasteiger partial charge in [0.1, 0.15) is 4.99 Å². The fourth-order valence-corrected chi connectivity index (χ4v) is 2.47. The van der Waals surface area contributed by atoms with Crippen molar-refractivity contribution in [1.82, 2.24) is 10.2 Å². The number of nitrogens with one attached hydrogen (secondary N) is 1. The molecule has 0 atom stereocenters. The van der Waals surface area contributed by atoms with Gasteiger partial charge in [0.05, 0.1) is 22.6 Å². The maximum atomic E-state index is 5.85. The number of anilines is 1. The average molecular weight is 285 g/mol. The van der Waals surface area contributed by atoms with Crippen molar-refractivity contribution in [2.45, 2.75) is 6.54 Å². The van der Waals surface area contributed by atoms with E-state index in [1.54, 1.807) is 12.3 Å². The number of thiophene rings is 1. The molecule has 17 heavy (non-hydrogen) atoms. The zero-order chi connectivity index (χ0) is 12.3. The van der Waals surface area contributed by atoms with Crippen LogP contribution in [-0.2, 0) is 6.54 Å². The maximum absolute atomic E-state index is 5.85. The second-order valence-corrected chi connectivity index (χ2v) is 5.46. The summed E-state index contributed by atoms with van der Waals surface area (Å²) in [6, 6.07) is 5.55. The van der Waals surface area contributed by atoms with Crippen LogP contribution in [0.25, 0.3) is 0 Å². The van der Waals surface area contributed by atoms with Crippen molar-refractivity contribution in [1.29, 1.82) is 0 Å². The molecule has 0 amide bonds. The Morgan fingerprint density at radius 2 is 2.29 bits per heavy atom. The largest absolute Gasteiger partial charge is 0.389 e. The van der Waals surface area contributed by atoms with Crippen LogP contribution in [0.5, 0.6) is 0 Å². The van der Waals surface area contributed by atoms with Gasteiger partial charge in [-0.3, -0.25) is 0 Å². The van der Waals surface area contributed by atoms with Crippen LogP contribution in [0.2, 0.25) is 4.34 Å². The molecule has 0 aliphatic heterocycles. The molecule has 0 saturated carbocycles. The Morgan fingerprint density at radius 1 is 1.47 bits per heavy atom. The Balaban J connectivity index is 2.11. The van der Waals surface area contributed by atoms with Crippen molar-refractivity contribution in [3.05, 3.63) is 39.2 Å². The molecule has 0 unspecified atom stereocenters. The van der Waals surface area contributed by atoms with Gasteiger partial charge in [-0.05, 0) is 18.2 Å². The van der Waals surface area contributed by atoms with Gasteiger partial charge in [0.2, 0.25) is 0 Å². The summed E-state index contributed by atoms with van der Waals surface area (Å²) >= 11 is 12.3. The van der Waals surface area contributed by atoms with Crippen LogP contribution in [0.4, 0.5) is 5.82 Å². The maximum Gasteiger partial charge on any atom is 0.159 e. The number of halogens is 1. The monoisotopic (exact) mass is 284 g/mol. The third-order valence-corrected chi connectivity index (χ3v) is 3.50. The second kappa shape index (κ2) is 5.39. The highest BCUT2D eigenvalue weighted by Crippen LogP contribution is 2.22. The van der Waals surface area contributed by atoms with E-state index in [4.69, 9.17) is 29.6 Å². The lowest BCUT2D eigenvalue weighted by Crippen LogP contribution is -2.14.